The molecule has 0 aromatic heterocycles. The van der Waals surface area contributed by atoms with Gasteiger partial charge in [0.2, 0.25) is 0 Å². The number of piperidine rings is 1. The van der Waals surface area contributed by atoms with Crippen molar-refractivity contribution in [3.63, 3.8) is 0 Å². The third kappa shape index (κ3) is 4.69. The van der Waals surface area contributed by atoms with Crippen LogP contribution in [0.3, 0.4) is 0 Å². The second-order valence-corrected chi connectivity index (χ2v) is 7.00. The van der Waals surface area contributed by atoms with E-state index >= 15 is 0 Å². The normalized spacial score (nSPS) is 19.6. The van der Waals surface area contributed by atoms with Gasteiger partial charge < -0.3 is 19.8 Å². The lowest BCUT2D eigenvalue weighted by molar-refractivity contribution is -0.0352. The van der Waals surface area contributed by atoms with Crippen LogP contribution in [0.1, 0.15) is 42.9 Å². The molecule has 0 amide bonds. The number of aliphatic hydroxyl groups excluding tert-OH is 1. The zero-order valence-corrected chi connectivity index (χ0v) is 14.9. The number of hydrogen-bond acceptors (Lipinski definition) is 4. The molecule has 0 spiro atoms. The van der Waals surface area contributed by atoms with Crippen LogP contribution in [-0.4, -0.2) is 53.1 Å². The highest BCUT2D eigenvalue weighted by atomic mass is 16.5. The minimum atomic E-state index is -0.512. The quantitative estimate of drug-likeness (QED) is 0.845. The summed E-state index contributed by atoms with van der Waals surface area (Å²) in [6.07, 6.45) is 1.86. The molecule has 130 valence electrons. The molecule has 1 aromatic rings. The second-order valence-electron chi connectivity index (χ2n) is 7.00. The van der Waals surface area contributed by atoms with Crippen molar-refractivity contribution < 1.29 is 14.9 Å². The van der Waals surface area contributed by atoms with Gasteiger partial charge in [-0.3, -0.25) is 0 Å². The van der Waals surface area contributed by atoms with Crippen molar-refractivity contribution in [3.05, 3.63) is 28.8 Å². The number of aliphatic hydroxyl groups is 2. The van der Waals surface area contributed by atoms with Crippen LogP contribution in [0.4, 0.5) is 0 Å². The molecule has 1 aliphatic heterocycles. The summed E-state index contributed by atoms with van der Waals surface area (Å²) >= 11 is 0. The average Bonchev–Trinajstić information content (AvgIpc) is 2.53. The van der Waals surface area contributed by atoms with Crippen molar-refractivity contribution in [2.45, 2.75) is 58.7 Å². The monoisotopic (exact) mass is 321 g/mol. The number of benzene rings is 1. The molecule has 0 aliphatic carbocycles. The van der Waals surface area contributed by atoms with Gasteiger partial charge in [0, 0.05) is 19.6 Å². The van der Waals surface area contributed by atoms with Crippen molar-refractivity contribution in [3.8, 4) is 5.75 Å². The van der Waals surface area contributed by atoms with Gasteiger partial charge in [0.1, 0.15) is 18.5 Å². The zero-order valence-electron chi connectivity index (χ0n) is 14.9. The van der Waals surface area contributed by atoms with Gasteiger partial charge >= 0.3 is 0 Å². The smallest absolute Gasteiger partial charge is 0.125 e. The fourth-order valence-corrected chi connectivity index (χ4v) is 3.18. The van der Waals surface area contributed by atoms with Crippen molar-refractivity contribution in [1.82, 2.24) is 4.90 Å². The van der Waals surface area contributed by atoms with Crippen molar-refractivity contribution in [2.24, 2.45) is 0 Å². The first-order chi connectivity index (χ1) is 10.8. The number of β-amino-alcohol motifs (C(OH)–C–C–N with tert-alkyl or cyclic N) is 1. The van der Waals surface area contributed by atoms with Crippen LogP contribution in [0.15, 0.2) is 12.1 Å². The lowest BCUT2D eigenvalue weighted by Crippen LogP contribution is -2.47. The highest BCUT2D eigenvalue weighted by Crippen LogP contribution is 2.27. The summed E-state index contributed by atoms with van der Waals surface area (Å²) in [4.78, 5) is 2.22. The Balaban J connectivity index is 1.82. The maximum Gasteiger partial charge on any atom is 0.125 e. The standard InChI is InChI=1S/C19H31NO3/c1-5-19(22)8-10-20(11-9-19)12-17(21)13-23-18-15(3)7-6-14(2)16(18)4/h6-7,17,21-22H,5,8-13H2,1-4H3/t17-/m1/s1. The molecule has 0 radical (unpaired) electrons. The maximum atomic E-state index is 10.3. The van der Waals surface area contributed by atoms with E-state index in [1.165, 1.54) is 5.56 Å². The Morgan fingerprint density at radius 2 is 1.78 bits per heavy atom. The van der Waals surface area contributed by atoms with Gasteiger partial charge in [-0.15, -0.1) is 0 Å². The fourth-order valence-electron chi connectivity index (χ4n) is 3.18. The third-order valence-electron chi connectivity index (χ3n) is 5.21. The molecule has 1 aliphatic rings. The molecule has 4 nitrogen and oxygen atoms in total. The topological polar surface area (TPSA) is 52.9 Å². The molecule has 1 saturated heterocycles. The van der Waals surface area contributed by atoms with Crippen LogP contribution in [-0.2, 0) is 0 Å². The Morgan fingerprint density at radius 1 is 1.17 bits per heavy atom. The highest BCUT2D eigenvalue weighted by molar-refractivity contribution is 5.44. The Labute approximate surface area is 140 Å². The largest absolute Gasteiger partial charge is 0.490 e. The van der Waals surface area contributed by atoms with Crippen LogP contribution < -0.4 is 4.74 Å². The minimum Gasteiger partial charge on any atom is -0.490 e. The third-order valence-corrected chi connectivity index (χ3v) is 5.21. The summed E-state index contributed by atoms with van der Waals surface area (Å²) in [5.74, 6) is 0.892. The molecule has 1 aromatic carbocycles. The van der Waals surface area contributed by atoms with Crippen LogP contribution >= 0.6 is 0 Å². The van der Waals surface area contributed by atoms with E-state index in [9.17, 15) is 10.2 Å². The SMILES string of the molecule is CCC1(O)CCN(C[C@@H](O)COc2c(C)ccc(C)c2C)CC1. The van der Waals surface area contributed by atoms with Gasteiger partial charge in [0.15, 0.2) is 0 Å². The zero-order chi connectivity index (χ0) is 17.0. The molecule has 2 rings (SSSR count). The van der Waals surface area contributed by atoms with E-state index in [-0.39, 0.29) is 0 Å². The Morgan fingerprint density at radius 3 is 2.39 bits per heavy atom. The van der Waals surface area contributed by atoms with E-state index in [1.54, 1.807) is 0 Å². The highest BCUT2D eigenvalue weighted by Gasteiger charge is 2.30. The molecular formula is C19H31NO3. The summed E-state index contributed by atoms with van der Waals surface area (Å²) in [7, 11) is 0. The number of hydrogen-bond donors (Lipinski definition) is 2. The van der Waals surface area contributed by atoms with Gasteiger partial charge in [-0.05, 0) is 56.7 Å². The molecule has 2 N–H and O–H groups in total. The van der Waals surface area contributed by atoms with E-state index in [4.69, 9.17) is 4.74 Å². The lowest BCUT2D eigenvalue weighted by Gasteiger charge is -2.38. The van der Waals surface area contributed by atoms with Crippen LogP contribution in [0.25, 0.3) is 0 Å². The van der Waals surface area contributed by atoms with Gasteiger partial charge in [0.05, 0.1) is 5.60 Å². The molecule has 0 saturated carbocycles. The van der Waals surface area contributed by atoms with Crippen LogP contribution in [0, 0.1) is 20.8 Å². The second kappa shape index (κ2) is 7.65. The lowest BCUT2D eigenvalue weighted by atomic mass is 9.89. The first kappa shape index (κ1) is 18.2. The predicted octanol–water partition coefficient (Wildman–Crippen LogP) is 2.59. The first-order valence-corrected chi connectivity index (χ1v) is 8.67. The van der Waals surface area contributed by atoms with Gasteiger partial charge in [-0.1, -0.05) is 19.1 Å². The fraction of sp³-hybridized carbons (Fsp3) is 0.684. The summed E-state index contributed by atoms with van der Waals surface area (Å²) in [6.45, 7) is 10.8. The first-order valence-electron chi connectivity index (χ1n) is 8.67. The van der Waals surface area contributed by atoms with E-state index in [0.717, 1.165) is 49.2 Å². The number of ether oxygens (including phenoxy) is 1. The summed E-state index contributed by atoms with van der Waals surface area (Å²) in [6, 6.07) is 4.15. The summed E-state index contributed by atoms with van der Waals surface area (Å²) < 4.78 is 5.89. The number of rotatable bonds is 6. The molecule has 0 unspecified atom stereocenters. The Hall–Kier alpha value is -1.10. The average molecular weight is 321 g/mol. The van der Waals surface area contributed by atoms with E-state index < -0.39 is 11.7 Å². The van der Waals surface area contributed by atoms with E-state index in [1.807, 2.05) is 13.8 Å². The number of nitrogens with zero attached hydrogens (tertiary/aromatic N) is 1. The Kier molecular flexibility index (Phi) is 6.06. The summed E-state index contributed by atoms with van der Waals surface area (Å²) in [5, 5.41) is 20.5. The Bertz CT molecular complexity index is 522. The van der Waals surface area contributed by atoms with Crippen molar-refractivity contribution in [2.75, 3.05) is 26.2 Å². The predicted molar refractivity (Wildman–Crippen MR) is 93.1 cm³/mol. The number of likely N-dealkylation sites (tertiary alicyclic amines) is 1. The van der Waals surface area contributed by atoms with Crippen LogP contribution in [0.5, 0.6) is 5.75 Å². The van der Waals surface area contributed by atoms with Crippen molar-refractivity contribution in [1.29, 1.82) is 0 Å². The van der Waals surface area contributed by atoms with Crippen LogP contribution in [0.2, 0.25) is 0 Å². The molecule has 1 heterocycles. The summed E-state index contributed by atoms with van der Waals surface area (Å²) in [5.41, 5.74) is 2.94. The van der Waals surface area contributed by atoms with E-state index in [2.05, 4.69) is 30.9 Å². The van der Waals surface area contributed by atoms with Gasteiger partial charge in [0.25, 0.3) is 0 Å². The maximum absolute atomic E-state index is 10.3. The molecule has 0 bridgehead atoms. The molecule has 1 atom stereocenters. The molecule has 4 heteroatoms. The van der Waals surface area contributed by atoms with Gasteiger partial charge in [-0.25, -0.2) is 0 Å². The minimum absolute atomic E-state index is 0.305. The molecular weight excluding hydrogens is 290 g/mol. The van der Waals surface area contributed by atoms with E-state index in [0.29, 0.717) is 13.2 Å². The number of aryl methyl sites for hydroxylation is 2. The molecule has 23 heavy (non-hydrogen) atoms. The van der Waals surface area contributed by atoms with Crippen molar-refractivity contribution >= 4 is 0 Å². The molecule has 1 fully saturated rings. The van der Waals surface area contributed by atoms with Gasteiger partial charge in [-0.2, -0.15) is 0 Å².